The van der Waals surface area contributed by atoms with Crippen molar-refractivity contribution in [3.63, 3.8) is 0 Å². The first kappa shape index (κ1) is 21.4. The first-order chi connectivity index (χ1) is 17.8. The van der Waals surface area contributed by atoms with E-state index in [4.69, 9.17) is 9.97 Å². The molecule has 1 aliphatic heterocycles. The van der Waals surface area contributed by atoms with E-state index >= 15 is 0 Å². The van der Waals surface area contributed by atoms with Gasteiger partial charge in [0, 0.05) is 29.7 Å². The van der Waals surface area contributed by atoms with Gasteiger partial charge in [0.25, 0.3) is 5.01 Å². The maximum atomic E-state index is 5.08. The lowest BCUT2D eigenvalue weighted by molar-refractivity contribution is -0.668. The van der Waals surface area contributed by atoms with Crippen LogP contribution in [0, 0.1) is 0 Å². The van der Waals surface area contributed by atoms with Crippen molar-refractivity contribution in [1.29, 1.82) is 0 Å². The van der Waals surface area contributed by atoms with E-state index < -0.39 is 0 Å². The van der Waals surface area contributed by atoms with Crippen molar-refractivity contribution in [3.05, 3.63) is 89.4 Å². The maximum absolute atomic E-state index is 5.08. The van der Waals surface area contributed by atoms with Crippen LogP contribution in [0.1, 0.15) is 23.9 Å². The van der Waals surface area contributed by atoms with Gasteiger partial charge >= 0.3 is 0 Å². The van der Waals surface area contributed by atoms with Crippen LogP contribution < -0.4 is 4.57 Å². The van der Waals surface area contributed by atoms with Crippen LogP contribution in [0.5, 0.6) is 0 Å². The smallest absolute Gasteiger partial charge is 0.262 e. The van der Waals surface area contributed by atoms with Crippen LogP contribution in [0.3, 0.4) is 0 Å². The second kappa shape index (κ2) is 8.66. The van der Waals surface area contributed by atoms with Gasteiger partial charge in [0.2, 0.25) is 5.52 Å². The number of hydrogen-bond donors (Lipinski definition) is 1. The van der Waals surface area contributed by atoms with Crippen LogP contribution in [0.25, 0.3) is 65.6 Å². The molecule has 0 bridgehead atoms. The number of thiazole rings is 2. The Hall–Kier alpha value is -3.87. The third-order valence-corrected chi connectivity index (χ3v) is 8.69. The zero-order valence-corrected chi connectivity index (χ0v) is 21.4. The predicted molar refractivity (Wildman–Crippen MR) is 153 cm³/mol. The quantitative estimate of drug-likeness (QED) is 0.242. The lowest BCUT2D eigenvalue weighted by Gasteiger charge is -2.06. The number of nitrogens with one attached hydrogen (secondary N) is 1. The maximum Gasteiger partial charge on any atom is 0.262 e. The summed E-state index contributed by atoms with van der Waals surface area (Å²) in [5.41, 5.74) is 8.52. The Morgan fingerprint density at radius 3 is 2.47 bits per heavy atom. The summed E-state index contributed by atoms with van der Waals surface area (Å²) in [6.45, 7) is 3.23. The van der Waals surface area contributed by atoms with Gasteiger partial charge in [-0.3, -0.25) is 0 Å². The molecule has 1 N–H and O–H groups in total. The number of aromatic amines is 1. The van der Waals surface area contributed by atoms with E-state index in [2.05, 4.69) is 89.3 Å². The highest BCUT2D eigenvalue weighted by molar-refractivity contribution is 7.21. The summed E-state index contributed by atoms with van der Waals surface area (Å²) in [6.07, 6.45) is 5.55. The lowest BCUT2D eigenvalue weighted by atomic mass is 10.2. The van der Waals surface area contributed by atoms with Crippen molar-refractivity contribution in [3.8, 4) is 22.0 Å². The van der Waals surface area contributed by atoms with E-state index in [1.807, 2.05) is 29.5 Å². The highest BCUT2D eigenvalue weighted by atomic mass is 32.1. The minimum atomic E-state index is 0.962. The Bertz CT molecular complexity index is 1840. The molecule has 2 aromatic heterocycles. The van der Waals surface area contributed by atoms with Gasteiger partial charge in [0.05, 0.1) is 32.6 Å². The van der Waals surface area contributed by atoms with Crippen molar-refractivity contribution < 1.29 is 4.57 Å². The second-order valence-electron chi connectivity index (χ2n) is 8.87. The van der Waals surface area contributed by atoms with Gasteiger partial charge in [-0.25, -0.2) is 9.97 Å². The third kappa shape index (κ3) is 3.53. The molecule has 0 fully saturated rings. The summed E-state index contributed by atoms with van der Waals surface area (Å²) in [7, 11) is 0. The summed E-state index contributed by atoms with van der Waals surface area (Å²) >= 11 is 3.56. The minimum Gasteiger partial charge on any atom is -0.351 e. The zero-order valence-electron chi connectivity index (χ0n) is 19.7. The normalized spacial score (nSPS) is 12.1. The number of benzene rings is 3. The van der Waals surface area contributed by atoms with E-state index in [1.165, 1.54) is 19.9 Å². The molecule has 5 aromatic rings. The molecule has 174 valence electrons. The molecular formula is C30H23N4S2+. The number of fused-ring (bicyclic) bond motifs is 4. The average molecular weight is 504 g/mol. The number of nitrogens with zero attached hydrogens (tertiary/aromatic N) is 3. The first-order valence-electron chi connectivity index (χ1n) is 12.2. The van der Waals surface area contributed by atoms with Crippen molar-refractivity contribution in [2.45, 2.75) is 19.9 Å². The van der Waals surface area contributed by atoms with E-state index in [-0.39, 0.29) is 0 Å². The molecule has 0 atom stereocenters. The molecule has 0 spiro atoms. The molecule has 1 aliphatic carbocycles. The largest absolute Gasteiger partial charge is 0.351 e. The molecule has 6 heteroatoms. The van der Waals surface area contributed by atoms with E-state index in [1.54, 1.807) is 11.3 Å². The number of hydrogen-bond acceptors (Lipinski definition) is 4. The summed E-state index contributed by atoms with van der Waals surface area (Å²) in [5, 5.41) is 2.26. The van der Waals surface area contributed by atoms with Gasteiger partial charge in [-0.05, 0) is 42.5 Å². The summed E-state index contributed by atoms with van der Waals surface area (Å²) in [5.74, 6) is 0. The van der Waals surface area contributed by atoms with Gasteiger partial charge < -0.3 is 4.98 Å². The number of rotatable bonds is 5. The fraction of sp³-hybridized carbons (Fsp3) is 0.100. The van der Waals surface area contributed by atoms with E-state index in [9.17, 15) is 0 Å². The van der Waals surface area contributed by atoms with Gasteiger partial charge in [-0.15, -0.1) is 11.3 Å². The van der Waals surface area contributed by atoms with E-state index in [0.29, 0.717) is 0 Å². The molecule has 0 unspecified atom stereocenters. The fourth-order valence-electron chi connectivity index (χ4n) is 4.82. The standard InChI is InChI=1S/C30H22N4S2/c1-2-17-34-24-12-6-8-14-26(24)35-27(34)16-15-19-18-20(30-33-23-11-5-7-13-25(23)36-30)29-28(19)31-21-9-3-4-10-22(21)32-29/h3-16,18H,2,17H2,1H3/p+1. The predicted octanol–water partition coefficient (Wildman–Crippen LogP) is 8.03. The van der Waals surface area contributed by atoms with Crippen LogP contribution in [0.15, 0.2) is 78.9 Å². The van der Waals surface area contributed by atoms with Crippen LogP contribution >= 0.6 is 22.7 Å². The molecule has 0 saturated heterocycles. The van der Waals surface area contributed by atoms with Crippen LogP contribution in [-0.2, 0) is 6.54 Å². The highest BCUT2D eigenvalue weighted by Crippen LogP contribution is 2.41. The molecule has 3 heterocycles. The van der Waals surface area contributed by atoms with Gasteiger partial charge in [0.1, 0.15) is 16.3 Å². The Morgan fingerprint density at radius 1 is 0.833 bits per heavy atom. The summed E-state index contributed by atoms with van der Waals surface area (Å²) < 4.78 is 4.93. The Morgan fingerprint density at radius 2 is 1.61 bits per heavy atom. The van der Waals surface area contributed by atoms with Gasteiger partial charge in [-0.2, -0.15) is 4.57 Å². The number of H-pyrrole nitrogens is 1. The zero-order chi connectivity index (χ0) is 24.1. The van der Waals surface area contributed by atoms with Crippen molar-refractivity contribution >= 4 is 66.3 Å². The Kier molecular flexibility index (Phi) is 5.15. The fourth-order valence-corrected chi connectivity index (χ4v) is 6.90. The molecule has 0 radical (unpaired) electrons. The van der Waals surface area contributed by atoms with Gasteiger partial charge in [-0.1, -0.05) is 54.7 Å². The van der Waals surface area contributed by atoms with Crippen LogP contribution in [0.4, 0.5) is 0 Å². The third-order valence-electron chi connectivity index (χ3n) is 6.49. The Labute approximate surface area is 216 Å². The SMILES string of the molecule is CCC[n+]1c(/C=C/c2cc(-c3nc4ccccc4s3)c3[nH]c4ccccc4nc2-3)sc2ccccc21. The Balaban J connectivity index is 1.42. The van der Waals surface area contributed by atoms with Gasteiger partial charge in [0.15, 0.2) is 0 Å². The molecule has 2 aliphatic rings. The highest BCUT2D eigenvalue weighted by Gasteiger charge is 2.22. The van der Waals surface area contributed by atoms with Crippen molar-refractivity contribution in [1.82, 2.24) is 15.0 Å². The monoisotopic (exact) mass is 503 g/mol. The number of para-hydroxylation sites is 4. The first-order valence-corrected chi connectivity index (χ1v) is 13.8. The minimum absolute atomic E-state index is 0.962. The summed E-state index contributed by atoms with van der Waals surface area (Å²) in [4.78, 5) is 13.7. The topological polar surface area (TPSA) is 45.5 Å². The number of aryl methyl sites for hydroxylation is 1. The molecule has 7 rings (SSSR count). The molecule has 3 aromatic carbocycles. The molecule has 0 amide bonds. The molecule has 36 heavy (non-hydrogen) atoms. The second-order valence-corrected chi connectivity index (χ2v) is 11.0. The molecule has 4 nitrogen and oxygen atoms in total. The molecule has 0 saturated carbocycles. The van der Waals surface area contributed by atoms with Crippen molar-refractivity contribution in [2.24, 2.45) is 0 Å². The number of aromatic nitrogens is 4. The molecular weight excluding hydrogens is 480 g/mol. The summed E-state index contributed by atoms with van der Waals surface area (Å²) in [6, 6.07) is 27.4. The van der Waals surface area contributed by atoms with Crippen LogP contribution in [0.2, 0.25) is 0 Å². The average Bonchev–Trinajstić information content (AvgIpc) is 3.60. The van der Waals surface area contributed by atoms with Crippen LogP contribution in [-0.4, -0.2) is 15.0 Å². The van der Waals surface area contributed by atoms with Crippen molar-refractivity contribution in [2.75, 3.05) is 0 Å². The lowest BCUT2D eigenvalue weighted by Crippen LogP contribution is -2.34. The van der Waals surface area contributed by atoms with E-state index in [0.717, 1.165) is 57.0 Å².